The number of aromatic nitrogens is 6. The molecule has 1 aromatic carbocycles. The van der Waals surface area contributed by atoms with Crippen LogP contribution >= 0.6 is 11.8 Å². The Morgan fingerprint density at radius 3 is 2.91 bits per heavy atom. The van der Waals surface area contributed by atoms with Crippen molar-refractivity contribution in [3.05, 3.63) is 36.0 Å². The SMILES string of the molecule is CCc1noc(C(C)Sc2nnnn2-c2ccccc2OC)n1. The minimum Gasteiger partial charge on any atom is -0.494 e. The topological polar surface area (TPSA) is 91.8 Å². The van der Waals surface area contributed by atoms with E-state index >= 15 is 0 Å². The second-order valence-electron chi connectivity index (χ2n) is 4.71. The van der Waals surface area contributed by atoms with Gasteiger partial charge in [0.1, 0.15) is 11.4 Å². The van der Waals surface area contributed by atoms with Crippen molar-refractivity contribution in [2.24, 2.45) is 0 Å². The van der Waals surface area contributed by atoms with Gasteiger partial charge in [-0.05, 0) is 29.5 Å². The maximum absolute atomic E-state index is 5.37. The number of aryl methyl sites for hydroxylation is 1. The Kier molecular flexibility index (Phi) is 4.56. The Balaban J connectivity index is 1.86. The average molecular weight is 332 g/mol. The normalized spacial score (nSPS) is 12.3. The summed E-state index contributed by atoms with van der Waals surface area (Å²) in [6.07, 6.45) is 0.736. The van der Waals surface area contributed by atoms with E-state index in [0.717, 1.165) is 12.1 Å². The molecule has 0 saturated carbocycles. The summed E-state index contributed by atoms with van der Waals surface area (Å²) in [5.41, 5.74) is 0.773. The van der Waals surface area contributed by atoms with Crippen LogP contribution in [0.1, 0.15) is 30.8 Å². The molecule has 2 heterocycles. The van der Waals surface area contributed by atoms with E-state index in [9.17, 15) is 0 Å². The molecular weight excluding hydrogens is 316 g/mol. The van der Waals surface area contributed by atoms with Crippen molar-refractivity contribution in [2.45, 2.75) is 30.7 Å². The van der Waals surface area contributed by atoms with Crippen molar-refractivity contribution in [3.8, 4) is 11.4 Å². The van der Waals surface area contributed by atoms with Crippen LogP contribution in [0, 0.1) is 0 Å². The van der Waals surface area contributed by atoms with E-state index < -0.39 is 0 Å². The molecule has 9 heteroatoms. The van der Waals surface area contributed by atoms with E-state index in [-0.39, 0.29) is 5.25 Å². The van der Waals surface area contributed by atoms with Gasteiger partial charge in [0.25, 0.3) is 0 Å². The predicted molar refractivity (Wildman–Crippen MR) is 83.7 cm³/mol. The lowest BCUT2D eigenvalue weighted by molar-refractivity contribution is 0.375. The van der Waals surface area contributed by atoms with Crippen LogP contribution in [0.25, 0.3) is 5.69 Å². The molecular formula is C14H16N6O2S. The van der Waals surface area contributed by atoms with Crippen molar-refractivity contribution in [1.29, 1.82) is 0 Å². The van der Waals surface area contributed by atoms with Crippen LogP contribution in [0.4, 0.5) is 0 Å². The Morgan fingerprint density at radius 2 is 2.17 bits per heavy atom. The Hall–Kier alpha value is -2.42. The molecule has 23 heavy (non-hydrogen) atoms. The van der Waals surface area contributed by atoms with Gasteiger partial charge in [-0.3, -0.25) is 0 Å². The van der Waals surface area contributed by atoms with Crippen LogP contribution in [0.15, 0.2) is 33.9 Å². The second kappa shape index (κ2) is 6.78. The van der Waals surface area contributed by atoms with Gasteiger partial charge < -0.3 is 9.26 Å². The van der Waals surface area contributed by atoms with Crippen LogP contribution in [0.5, 0.6) is 5.75 Å². The van der Waals surface area contributed by atoms with Gasteiger partial charge in [-0.15, -0.1) is 5.10 Å². The molecule has 0 N–H and O–H groups in total. The number of methoxy groups -OCH3 is 1. The highest BCUT2D eigenvalue weighted by Gasteiger charge is 2.20. The Morgan fingerprint density at radius 1 is 1.35 bits per heavy atom. The number of ether oxygens (including phenoxy) is 1. The molecule has 2 aromatic heterocycles. The number of hydrogen-bond donors (Lipinski definition) is 0. The lowest BCUT2D eigenvalue weighted by atomic mass is 10.3. The van der Waals surface area contributed by atoms with Crippen LogP contribution in [0.3, 0.4) is 0 Å². The highest BCUT2D eigenvalue weighted by Crippen LogP contribution is 2.34. The monoisotopic (exact) mass is 332 g/mol. The van der Waals surface area contributed by atoms with E-state index in [1.807, 2.05) is 38.1 Å². The summed E-state index contributed by atoms with van der Waals surface area (Å²) in [6.45, 7) is 3.95. The zero-order chi connectivity index (χ0) is 16.2. The molecule has 0 fully saturated rings. The molecule has 8 nitrogen and oxygen atoms in total. The summed E-state index contributed by atoms with van der Waals surface area (Å²) < 4.78 is 12.3. The second-order valence-corrected chi connectivity index (χ2v) is 6.02. The minimum absolute atomic E-state index is 0.0674. The number of rotatable bonds is 6. The molecule has 3 rings (SSSR count). The number of benzene rings is 1. The highest BCUT2D eigenvalue weighted by atomic mass is 32.2. The zero-order valence-corrected chi connectivity index (χ0v) is 13.8. The number of hydrogen-bond acceptors (Lipinski definition) is 8. The standard InChI is InChI=1S/C14H16N6O2S/c1-4-12-15-13(22-17-12)9(2)23-14-16-18-19-20(14)10-7-5-6-8-11(10)21-3/h5-9H,4H2,1-3H3. The largest absolute Gasteiger partial charge is 0.494 e. The molecule has 0 aliphatic heterocycles. The van der Waals surface area contributed by atoms with Crippen LogP contribution in [-0.2, 0) is 6.42 Å². The van der Waals surface area contributed by atoms with Gasteiger partial charge >= 0.3 is 0 Å². The summed E-state index contributed by atoms with van der Waals surface area (Å²) >= 11 is 1.44. The first-order valence-electron chi connectivity index (χ1n) is 7.13. The van der Waals surface area contributed by atoms with Crippen molar-refractivity contribution >= 4 is 11.8 Å². The van der Waals surface area contributed by atoms with E-state index in [2.05, 4.69) is 25.7 Å². The van der Waals surface area contributed by atoms with E-state index in [1.54, 1.807) is 11.8 Å². The fourth-order valence-corrected chi connectivity index (χ4v) is 2.82. The number of para-hydroxylation sites is 2. The lowest BCUT2D eigenvalue weighted by Crippen LogP contribution is -2.02. The van der Waals surface area contributed by atoms with Crippen molar-refractivity contribution in [1.82, 2.24) is 30.3 Å². The summed E-state index contributed by atoms with van der Waals surface area (Å²) in [5, 5.41) is 16.4. The van der Waals surface area contributed by atoms with Crippen LogP contribution in [0.2, 0.25) is 0 Å². The van der Waals surface area contributed by atoms with Crippen molar-refractivity contribution < 1.29 is 9.26 Å². The molecule has 0 bridgehead atoms. The maximum atomic E-state index is 5.37. The van der Waals surface area contributed by atoms with Crippen LogP contribution < -0.4 is 4.74 Å². The molecule has 0 aliphatic carbocycles. The molecule has 120 valence electrons. The smallest absolute Gasteiger partial charge is 0.239 e. The molecule has 0 amide bonds. The lowest BCUT2D eigenvalue weighted by Gasteiger charge is -2.10. The molecule has 0 aliphatic rings. The van der Waals surface area contributed by atoms with E-state index in [0.29, 0.717) is 22.6 Å². The molecule has 1 atom stereocenters. The maximum Gasteiger partial charge on any atom is 0.239 e. The first kappa shape index (κ1) is 15.5. The minimum atomic E-state index is -0.0674. The van der Waals surface area contributed by atoms with Gasteiger partial charge in [-0.1, -0.05) is 36.0 Å². The van der Waals surface area contributed by atoms with E-state index in [1.165, 1.54) is 11.8 Å². The number of nitrogens with zero attached hydrogens (tertiary/aromatic N) is 6. The first-order valence-corrected chi connectivity index (χ1v) is 8.01. The van der Waals surface area contributed by atoms with Gasteiger partial charge in [0.2, 0.25) is 11.0 Å². The quantitative estimate of drug-likeness (QED) is 0.636. The van der Waals surface area contributed by atoms with Gasteiger partial charge in [0.05, 0.1) is 12.4 Å². The number of thioether (sulfide) groups is 1. The zero-order valence-electron chi connectivity index (χ0n) is 13.0. The third-order valence-corrected chi connectivity index (χ3v) is 4.20. The summed E-state index contributed by atoms with van der Waals surface area (Å²) in [7, 11) is 1.61. The molecule has 0 saturated heterocycles. The summed E-state index contributed by atoms with van der Waals surface area (Å²) in [6, 6.07) is 7.56. The number of tetrazole rings is 1. The molecule has 3 aromatic rings. The van der Waals surface area contributed by atoms with Gasteiger partial charge in [0, 0.05) is 6.42 Å². The molecule has 0 spiro atoms. The predicted octanol–water partition coefficient (Wildman–Crippen LogP) is 2.47. The van der Waals surface area contributed by atoms with Crippen molar-refractivity contribution in [2.75, 3.05) is 7.11 Å². The van der Waals surface area contributed by atoms with E-state index in [4.69, 9.17) is 9.26 Å². The summed E-state index contributed by atoms with van der Waals surface area (Å²) in [4.78, 5) is 4.34. The molecule has 1 unspecified atom stereocenters. The highest BCUT2D eigenvalue weighted by molar-refractivity contribution is 7.99. The fraction of sp³-hybridized carbons (Fsp3) is 0.357. The third-order valence-electron chi connectivity index (χ3n) is 3.18. The van der Waals surface area contributed by atoms with Gasteiger partial charge in [0.15, 0.2) is 5.82 Å². The van der Waals surface area contributed by atoms with Crippen LogP contribution in [-0.4, -0.2) is 37.5 Å². The van der Waals surface area contributed by atoms with Gasteiger partial charge in [-0.25, -0.2) is 0 Å². The Labute approximate surface area is 137 Å². The van der Waals surface area contributed by atoms with Crippen molar-refractivity contribution in [3.63, 3.8) is 0 Å². The first-order chi connectivity index (χ1) is 11.2. The average Bonchev–Trinajstić information content (AvgIpc) is 3.23. The summed E-state index contributed by atoms with van der Waals surface area (Å²) in [5.74, 6) is 1.94. The van der Waals surface area contributed by atoms with Gasteiger partial charge in [-0.2, -0.15) is 9.67 Å². The Bertz CT molecular complexity index is 787. The third kappa shape index (κ3) is 3.19. The fourth-order valence-electron chi connectivity index (χ4n) is 1.99. The molecule has 0 radical (unpaired) electrons.